The number of oxazole rings is 1. The molecule has 0 unspecified atom stereocenters. The molecule has 3 rings (SSSR count). The molecule has 0 radical (unpaired) electrons. The second kappa shape index (κ2) is 8.54. The first-order chi connectivity index (χ1) is 12.9. The number of aryl methyl sites for hydroxylation is 1. The Hall–Kier alpha value is -2.38. The molecule has 7 nitrogen and oxygen atoms in total. The van der Waals surface area contributed by atoms with Gasteiger partial charge in [0.05, 0.1) is 29.2 Å². The topological polar surface area (TPSA) is 78.7 Å². The number of nitrogens with one attached hydrogen (secondary N) is 1. The fraction of sp³-hybridized carbons (Fsp3) is 0.421. The van der Waals surface area contributed by atoms with Gasteiger partial charge in [0.25, 0.3) is 0 Å². The maximum atomic E-state index is 12.2. The van der Waals surface area contributed by atoms with Gasteiger partial charge in [0.2, 0.25) is 17.7 Å². The monoisotopic (exact) mass is 390 g/mol. The van der Waals surface area contributed by atoms with E-state index in [4.69, 9.17) is 16.0 Å². The molecule has 0 saturated carbocycles. The summed E-state index contributed by atoms with van der Waals surface area (Å²) in [6, 6.07) is 7.24. The normalized spacial score (nSPS) is 15.0. The van der Waals surface area contributed by atoms with Crippen LogP contribution in [-0.4, -0.2) is 66.4 Å². The molecule has 1 aromatic heterocycles. The van der Waals surface area contributed by atoms with E-state index in [9.17, 15) is 9.59 Å². The third kappa shape index (κ3) is 4.87. The van der Waals surface area contributed by atoms with Gasteiger partial charge in [-0.15, -0.1) is 0 Å². The van der Waals surface area contributed by atoms with Gasteiger partial charge in [0, 0.05) is 26.2 Å². The number of hydrogen-bond donors (Lipinski definition) is 1. The fourth-order valence-electron chi connectivity index (χ4n) is 2.90. The zero-order valence-electron chi connectivity index (χ0n) is 15.5. The van der Waals surface area contributed by atoms with E-state index < -0.39 is 0 Å². The van der Waals surface area contributed by atoms with E-state index in [2.05, 4.69) is 15.2 Å². The molecule has 27 heavy (non-hydrogen) atoms. The molecule has 2 heterocycles. The summed E-state index contributed by atoms with van der Waals surface area (Å²) < 4.78 is 5.66. The van der Waals surface area contributed by atoms with Crippen molar-refractivity contribution in [1.29, 1.82) is 0 Å². The van der Waals surface area contributed by atoms with Crippen LogP contribution in [0.1, 0.15) is 11.5 Å². The van der Waals surface area contributed by atoms with Gasteiger partial charge in [-0.3, -0.25) is 9.59 Å². The minimum absolute atomic E-state index is 0.00316. The van der Waals surface area contributed by atoms with Crippen molar-refractivity contribution in [3.63, 3.8) is 0 Å². The molecule has 1 fully saturated rings. The zero-order chi connectivity index (χ0) is 19.4. The minimum atomic E-state index is -0.264. The van der Waals surface area contributed by atoms with Gasteiger partial charge in [-0.05, 0) is 26.1 Å². The summed E-state index contributed by atoms with van der Waals surface area (Å²) in [5.74, 6) is 0.615. The lowest BCUT2D eigenvalue weighted by molar-refractivity contribution is -0.134. The number of rotatable bonds is 5. The number of piperazine rings is 1. The third-order valence-electron chi connectivity index (χ3n) is 4.62. The van der Waals surface area contributed by atoms with Crippen molar-refractivity contribution in [3.8, 4) is 11.5 Å². The summed E-state index contributed by atoms with van der Waals surface area (Å²) in [5, 5.41) is 3.21. The van der Waals surface area contributed by atoms with Crippen LogP contribution in [-0.2, 0) is 16.0 Å². The van der Waals surface area contributed by atoms with Gasteiger partial charge in [-0.1, -0.05) is 23.7 Å². The highest BCUT2D eigenvalue weighted by Gasteiger charge is 2.20. The van der Waals surface area contributed by atoms with Gasteiger partial charge in [-0.25, -0.2) is 4.98 Å². The molecule has 1 N–H and O–H groups in total. The highest BCUT2D eigenvalue weighted by Crippen LogP contribution is 2.28. The van der Waals surface area contributed by atoms with Crippen LogP contribution >= 0.6 is 11.6 Å². The van der Waals surface area contributed by atoms with Crippen LogP contribution in [0.25, 0.3) is 11.5 Å². The molecular formula is C19H23ClN4O3. The number of carbonyl (C=O) groups is 2. The lowest BCUT2D eigenvalue weighted by atomic mass is 10.2. The molecule has 1 aliphatic heterocycles. The quantitative estimate of drug-likeness (QED) is 0.841. The van der Waals surface area contributed by atoms with Crippen molar-refractivity contribution in [1.82, 2.24) is 20.1 Å². The first-order valence-electron chi connectivity index (χ1n) is 8.88. The van der Waals surface area contributed by atoms with E-state index in [1.165, 1.54) is 0 Å². The fourth-order valence-corrected chi connectivity index (χ4v) is 3.11. The molecule has 0 atom stereocenters. The smallest absolute Gasteiger partial charge is 0.242 e. The van der Waals surface area contributed by atoms with Crippen molar-refractivity contribution in [2.24, 2.45) is 0 Å². The molecule has 0 bridgehead atoms. The standard InChI is InChI=1S/C19H23ClN4O3/c1-13-16(22-19(27-13)14-5-3-4-6-15(14)20)11-17(25)21-12-18(26)24-9-7-23(2)8-10-24/h3-6H,7-12H2,1-2H3,(H,21,25). The van der Waals surface area contributed by atoms with Crippen molar-refractivity contribution in [2.75, 3.05) is 39.8 Å². The van der Waals surface area contributed by atoms with Crippen LogP contribution in [0.2, 0.25) is 5.02 Å². The van der Waals surface area contributed by atoms with Crippen molar-refractivity contribution >= 4 is 23.4 Å². The Bertz CT molecular complexity index is 828. The van der Waals surface area contributed by atoms with Gasteiger partial charge in [-0.2, -0.15) is 0 Å². The van der Waals surface area contributed by atoms with E-state index in [0.29, 0.717) is 41.0 Å². The average Bonchev–Trinajstić information content (AvgIpc) is 3.01. The van der Waals surface area contributed by atoms with Crippen LogP contribution in [0.3, 0.4) is 0 Å². The summed E-state index contributed by atoms with van der Waals surface area (Å²) in [6.45, 7) is 4.83. The highest BCUT2D eigenvalue weighted by molar-refractivity contribution is 6.33. The number of carbonyl (C=O) groups excluding carboxylic acids is 2. The van der Waals surface area contributed by atoms with Crippen molar-refractivity contribution in [3.05, 3.63) is 40.7 Å². The number of likely N-dealkylation sites (N-methyl/N-ethyl adjacent to an activating group) is 1. The number of benzene rings is 1. The number of aromatic nitrogens is 1. The Labute approximate surface area is 163 Å². The number of halogens is 1. The molecular weight excluding hydrogens is 368 g/mol. The Kier molecular flexibility index (Phi) is 6.13. The van der Waals surface area contributed by atoms with E-state index in [-0.39, 0.29) is 24.8 Å². The second-order valence-electron chi connectivity index (χ2n) is 6.64. The van der Waals surface area contributed by atoms with Crippen LogP contribution in [0.4, 0.5) is 0 Å². The van der Waals surface area contributed by atoms with Crippen molar-refractivity contribution in [2.45, 2.75) is 13.3 Å². The number of amides is 2. The Morgan fingerprint density at radius 3 is 2.63 bits per heavy atom. The van der Waals surface area contributed by atoms with Crippen LogP contribution in [0.5, 0.6) is 0 Å². The first kappa shape index (κ1) is 19.4. The zero-order valence-corrected chi connectivity index (χ0v) is 16.3. The van der Waals surface area contributed by atoms with E-state index in [1.807, 2.05) is 25.2 Å². The van der Waals surface area contributed by atoms with Gasteiger partial charge in [0.15, 0.2) is 0 Å². The summed E-state index contributed by atoms with van der Waals surface area (Å²) in [7, 11) is 2.03. The minimum Gasteiger partial charge on any atom is -0.441 e. The molecule has 8 heteroatoms. The summed E-state index contributed by atoms with van der Waals surface area (Å²) in [4.78, 5) is 32.8. The molecule has 2 aromatic rings. The molecule has 2 amide bonds. The Morgan fingerprint density at radius 2 is 1.93 bits per heavy atom. The van der Waals surface area contributed by atoms with Crippen LogP contribution in [0.15, 0.2) is 28.7 Å². The SMILES string of the molecule is Cc1oc(-c2ccccc2Cl)nc1CC(=O)NCC(=O)N1CCN(C)CC1. The number of nitrogens with zero attached hydrogens (tertiary/aromatic N) is 3. The average molecular weight is 391 g/mol. The molecule has 0 spiro atoms. The predicted octanol–water partition coefficient (Wildman–Crippen LogP) is 1.74. The Balaban J connectivity index is 1.55. The molecule has 1 aliphatic rings. The van der Waals surface area contributed by atoms with E-state index >= 15 is 0 Å². The lowest BCUT2D eigenvalue weighted by Gasteiger charge is -2.32. The van der Waals surface area contributed by atoms with Crippen LogP contribution in [0, 0.1) is 6.92 Å². The number of hydrogen-bond acceptors (Lipinski definition) is 5. The maximum absolute atomic E-state index is 12.2. The third-order valence-corrected chi connectivity index (χ3v) is 4.95. The van der Waals surface area contributed by atoms with Crippen molar-refractivity contribution < 1.29 is 14.0 Å². The summed E-state index contributed by atoms with van der Waals surface area (Å²) in [6.07, 6.45) is 0.0514. The molecule has 144 valence electrons. The Morgan fingerprint density at radius 1 is 1.22 bits per heavy atom. The lowest BCUT2D eigenvalue weighted by Crippen LogP contribution is -2.50. The van der Waals surface area contributed by atoms with Gasteiger partial charge in [0.1, 0.15) is 5.76 Å². The van der Waals surface area contributed by atoms with Gasteiger partial charge < -0.3 is 19.5 Å². The summed E-state index contributed by atoms with van der Waals surface area (Å²) >= 11 is 6.17. The predicted molar refractivity (Wildman–Crippen MR) is 102 cm³/mol. The van der Waals surface area contributed by atoms with Gasteiger partial charge >= 0.3 is 0 Å². The highest BCUT2D eigenvalue weighted by atomic mass is 35.5. The largest absolute Gasteiger partial charge is 0.441 e. The summed E-state index contributed by atoms with van der Waals surface area (Å²) in [5.41, 5.74) is 1.22. The second-order valence-corrected chi connectivity index (χ2v) is 7.05. The maximum Gasteiger partial charge on any atom is 0.242 e. The van der Waals surface area contributed by atoms with E-state index in [1.54, 1.807) is 17.9 Å². The van der Waals surface area contributed by atoms with Crippen LogP contribution < -0.4 is 5.32 Å². The first-order valence-corrected chi connectivity index (χ1v) is 9.26. The molecule has 0 aliphatic carbocycles. The van der Waals surface area contributed by atoms with E-state index in [0.717, 1.165) is 13.1 Å². The molecule has 1 aromatic carbocycles. The molecule has 1 saturated heterocycles.